The van der Waals surface area contributed by atoms with Gasteiger partial charge in [0.25, 0.3) is 0 Å². The van der Waals surface area contributed by atoms with Crippen LogP contribution >= 0.6 is 0 Å². The minimum absolute atomic E-state index is 0.126. The van der Waals surface area contributed by atoms with Gasteiger partial charge < -0.3 is 10.6 Å². The van der Waals surface area contributed by atoms with Crippen LogP contribution in [0.15, 0.2) is 0 Å². The summed E-state index contributed by atoms with van der Waals surface area (Å²) in [5, 5.41) is 0. The molecule has 1 saturated heterocycles. The number of amides is 1. The second-order valence-corrected chi connectivity index (χ2v) is 6.17. The van der Waals surface area contributed by atoms with E-state index in [2.05, 4.69) is 0 Å². The van der Waals surface area contributed by atoms with Gasteiger partial charge in [-0.05, 0) is 30.6 Å². The van der Waals surface area contributed by atoms with E-state index in [1.165, 1.54) is 19.3 Å². The summed E-state index contributed by atoms with van der Waals surface area (Å²) in [4.78, 5) is 14.2. The molecule has 3 unspecified atom stereocenters. The molecule has 2 bridgehead atoms. The van der Waals surface area contributed by atoms with Gasteiger partial charge in [-0.3, -0.25) is 4.79 Å². The maximum atomic E-state index is 12.2. The minimum Gasteiger partial charge on any atom is -0.338 e. The van der Waals surface area contributed by atoms with Crippen LogP contribution in [0.4, 0.5) is 0 Å². The fourth-order valence-corrected chi connectivity index (χ4v) is 2.74. The highest BCUT2D eigenvalue weighted by molar-refractivity contribution is 5.83. The van der Waals surface area contributed by atoms with Crippen LogP contribution in [0.1, 0.15) is 40.0 Å². The number of carbonyl (C=O) groups is 1. The highest BCUT2D eigenvalue weighted by Gasteiger charge is 2.43. The van der Waals surface area contributed by atoms with Crippen LogP contribution in [0.3, 0.4) is 0 Å². The molecule has 1 heterocycles. The predicted octanol–water partition coefficient (Wildman–Crippen LogP) is 1.37. The van der Waals surface area contributed by atoms with Crippen molar-refractivity contribution < 1.29 is 4.79 Å². The molecule has 15 heavy (non-hydrogen) atoms. The zero-order valence-electron chi connectivity index (χ0n) is 9.99. The molecule has 3 nitrogen and oxygen atoms in total. The molecule has 1 amide bonds. The van der Waals surface area contributed by atoms with Crippen molar-refractivity contribution in [2.75, 3.05) is 6.54 Å². The van der Waals surface area contributed by atoms with Gasteiger partial charge in [-0.15, -0.1) is 0 Å². The first kappa shape index (κ1) is 10.9. The molecule has 0 aromatic heterocycles. The van der Waals surface area contributed by atoms with E-state index in [-0.39, 0.29) is 17.4 Å². The number of hydrogen-bond donors (Lipinski definition) is 1. The highest BCUT2D eigenvalue weighted by atomic mass is 16.2. The second kappa shape index (κ2) is 3.48. The van der Waals surface area contributed by atoms with Crippen LogP contribution in [-0.2, 0) is 4.79 Å². The number of nitrogens with zero attached hydrogens (tertiary/aromatic N) is 1. The molecule has 1 aliphatic carbocycles. The van der Waals surface area contributed by atoms with Crippen LogP contribution in [-0.4, -0.2) is 29.4 Å². The third-order valence-corrected chi connectivity index (χ3v) is 3.89. The highest BCUT2D eigenvalue weighted by Crippen LogP contribution is 2.38. The Morgan fingerprint density at radius 2 is 2.07 bits per heavy atom. The van der Waals surface area contributed by atoms with E-state index in [0.717, 1.165) is 12.5 Å². The van der Waals surface area contributed by atoms with Gasteiger partial charge in [0, 0.05) is 12.6 Å². The van der Waals surface area contributed by atoms with Crippen LogP contribution in [0.2, 0.25) is 0 Å². The molecule has 3 heteroatoms. The van der Waals surface area contributed by atoms with E-state index in [9.17, 15) is 4.79 Å². The zero-order chi connectivity index (χ0) is 11.2. The zero-order valence-corrected chi connectivity index (χ0v) is 9.99. The molecule has 3 atom stereocenters. The van der Waals surface area contributed by atoms with E-state index in [4.69, 9.17) is 5.73 Å². The molecule has 2 aliphatic rings. The molecule has 2 rings (SSSR count). The number of likely N-dealkylation sites (tertiary alicyclic amines) is 1. The summed E-state index contributed by atoms with van der Waals surface area (Å²) in [7, 11) is 0. The third-order valence-electron chi connectivity index (χ3n) is 3.89. The van der Waals surface area contributed by atoms with E-state index >= 15 is 0 Å². The predicted molar refractivity (Wildman–Crippen MR) is 60.3 cm³/mol. The van der Waals surface area contributed by atoms with Gasteiger partial charge in [0.15, 0.2) is 0 Å². The molecule has 2 fully saturated rings. The second-order valence-electron chi connectivity index (χ2n) is 6.17. The van der Waals surface area contributed by atoms with Gasteiger partial charge in [-0.2, -0.15) is 0 Å². The molecule has 2 N–H and O–H groups in total. The van der Waals surface area contributed by atoms with Crippen LogP contribution in [0.5, 0.6) is 0 Å². The Morgan fingerprint density at radius 3 is 2.47 bits per heavy atom. The lowest BCUT2D eigenvalue weighted by Crippen LogP contribution is -2.52. The third kappa shape index (κ3) is 1.89. The van der Waals surface area contributed by atoms with Crippen molar-refractivity contribution in [3.05, 3.63) is 0 Å². The maximum Gasteiger partial charge on any atom is 0.240 e. The number of fused-ring (bicyclic) bond motifs is 2. The lowest BCUT2D eigenvalue weighted by molar-refractivity contribution is -0.136. The van der Waals surface area contributed by atoms with Gasteiger partial charge >= 0.3 is 0 Å². The quantitative estimate of drug-likeness (QED) is 0.710. The molecule has 0 radical (unpaired) electrons. The first-order valence-electron chi connectivity index (χ1n) is 5.95. The van der Waals surface area contributed by atoms with Crippen LogP contribution < -0.4 is 5.73 Å². The van der Waals surface area contributed by atoms with E-state index in [1.54, 1.807) is 0 Å². The topological polar surface area (TPSA) is 46.3 Å². The molecular weight excluding hydrogens is 188 g/mol. The largest absolute Gasteiger partial charge is 0.338 e. The molecular formula is C12H22N2O. The van der Waals surface area contributed by atoms with Gasteiger partial charge in [0.05, 0.1) is 6.04 Å². The van der Waals surface area contributed by atoms with Crippen molar-refractivity contribution in [2.24, 2.45) is 17.1 Å². The summed E-state index contributed by atoms with van der Waals surface area (Å²) >= 11 is 0. The average molecular weight is 210 g/mol. The summed E-state index contributed by atoms with van der Waals surface area (Å²) in [6, 6.07) is 0.146. The molecule has 1 saturated carbocycles. The van der Waals surface area contributed by atoms with Gasteiger partial charge in [0.2, 0.25) is 5.91 Å². The summed E-state index contributed by atoms with van der Waals surface area (Å²) in [5.74, 6) is 0.917. The van der Waals surface area contributed by atoms with Crippen molar-refractivity contribution in [3.63, 3.8) is 0 Å². The Bertz CT molecular complexity index is 269. The Labute approximate surface area is 92.0 Å². The summed E-state index contributed by atoms with van der Waals surface area (Å²) in [6.45, 7) is 7.05. The lowest BCUT2D eigenvalue weighted by Gasteiger charge is -2.34. The minimum atomic E-state index is -0.350. The monoisotopic (exact) mass is 210 g/mol. The summed E-state index contributed by atoms with van der Waals surface area (Å²) in [5.41, 5.74) is 5.89. The molecule has 0 aromatic carbocycles. The number of hydrogen-bond acceptors (Lipinski definition) is 2. The first-order valence-corrected chi connectivity index (χ1v) is 5.95. The van der Waals surface area contributed by atoms with Crippen molar-refractivity contribution in [2.45, 2.75) is 52.1 Å². The number of carbonyl (C=O) groups excluding carboxylic acids is 1. The van der Waals surface area contributed by atoms with Crippen LogP contribution in [0.25, 0.3) is 0 Å². The van der Waals surface area contributed by atoms with E-state index < -0.39 is 0 Å². The first-order chi connectivity index (χ1) is 6.89. The Hall–Kier alpha value is -0.570. The fraction of sp³-hybridized carbons (Fsp3) is 0.917. The molecule has 1 aliphatic heterocycles. The summed E-state index contributed by atoms with van der Waals surface area (Å²) in [6.07, 6.45) is 3.70. The normalized spacial score (nSPS) is 32.1. The maximum absolute atomic E-state index is 12.2. The smallest absolute Gasteiger partial charge is 0.240 e. The summed E-state index contributed by atoms with van der Waals surface area (Å²) < 4.78 is 0. The Morgan fingerprint density at radius 1 is 1.40 bits per heavy atom. The lowest BCUT2D eigenvalue weighted by atomic mass is 9.86. The van der Waals surface area contributed by atoms with Crippen molar-refractivity contribution in [3.8, 4) is 0 Å². The SMILES string of the molecule is CC(C)(C)C(N)C(=O)N1CC2CCC1C2. The van der Waals surface area contributed by atoms with Gasteiger partial charge in [0.1, 0.15) is 0 Å². The van der Waals surface area contributed by atoms with E-state index in [1.807, 2.05) is 25.7 Å². The average Bonchev–Trinajstić information content (AvgIpc) is 2.74. The fourth-order valence-electron chi connectivity index (χ4n) is 2.74. The molecule has 86 valence electrons. The van der Waals surface area contributed by atoms with Crippen molar-refractivity contribution >= 4 is 5.91 Å². The van der Waals surface area contributed by atoms with E-state index in [0.29, 0.717) is 6.04 Å². The molecule has 0 spiro atoms. The van der Waals surface area contributed by atoms with Gasteiger partial charge in [-0.25, -0.2) is 0 Å². The number of rotatable bonds is 1. The van der Waals surface area contributed by atoms with Crippen molar-refractivity contribution in [1.29, 1.82) is 0 Å². The molecule has 0 aromatic rings. The Kier molecular flexibility index (Phi) is 2.53. The standard InChI is InChI=1S/C12H22N2O/c1-12(2,3)10(13)11(15)14-7-8-4-5-9(14)6-8/h8-10H,4-7,13H2,1-3H3. The van der Waals surface area contributed by atoms with Crippen molar-refractivity contribution in [1.82, 2.24) is 4.90 Å². The van der Waals surface area contributed by atoms with Crippen LogP contribution in [0, 0.1) is 11.3 Å². The number of piperidine rings is 1. The Balaban J connectivity index is 2.03. The number of nitrogens with two attached hydrogens (primary N) is 1. The van der Waals surface area contributed by atoms with Gasteiger partial charge in [-0.1, -0.05) is 20.8 Å².